The third-order valence-electron chi connectivity index (χ3n) is 2.14. The molecule has 0 aliphatic rings. The van der Waals surface area contributed by atoms with E-state index < -0.39 is 0 Å². The van der Waals surface area contributed by atoms with Crippen LogP contribution < -0.4 is 0 Å². The molecule has 0 fully saturated rings. The van der Waals surface area contributed by atoms with Crippen molar-refractivity contribution in [2.24, 2.45) is 4.99 Å². The normalized spacial score (nSPS) is 11.6. The molecule has 2 aromatic carbocycles. The Morgan fingerprint density at radius 1 is 0.941 bits per heavy atom. The molecule has 4 heteroatoms. The molecule has 17 heavy (non-hydrogen) atoms. The first kappa shape index (κ1) is 12.6. The van der Waals surface area contributed by atoms with Crippen LogP contribution in [-0.2, 0) is 0 Å². The number of aliphatic imine (C=N–C) groups is 1. The molecule has 2 rings (SSSR count). The Kier molecular flexibility index (Phi) is 4.21. The largest absolute Gasteiger partial charge is 0.236 e. The Hall–Kier alpha value is -0.830. The highest BCUT2D eigenvalue weighted by Gasteiger charge is 2.00. The summed E-state index contributed by atoms with van der Waals surface area (Å²) in [5.74, 6) is 0. The van der Waals surface area contributed by atoms with E-state index in [1.807, 2.05) is 36.4 Å². The highest BCUT2D eigenvalue weighted by atomic mass is 79.9. The Balaban J connectivity index is 2.27. The quantitative estimate of drug-likeness (QED) is 0.653. The van der Waals surface area contributed by atoms with Crippen molar-refractivity contribution in [3.8, 4) is 0 Å². The molecule has 2 aromatic rings. The van der Waals surface area contributed by atoms with Gasteiger partial charge in [-0.05, 0) is 36.4 Å². The zero-order valence-electron chi connectivity index (χ0n) is 8.70. The Labute approximate surface area is 118 Å². The van der Waals surface area contributed by atoms with Gasteiger partial charge in [0.2, 0.25) is 0 Å². The standard InChI is InChI=1S/C13H8BrCl2N/c14-10-3-1-9(2-4-10)13(16)17-12-7-5-11(15)6-8-12/h1-8H. The van der Waals surface area contributed by atoms with Gasteiger partial charge in [0, 0.05) is 15.1 Å². The molecule has 0 saturated heterocycles. The van der Waals surface area contributed by atoms with Crippen LogP contribution in [0.3, 0.4) is 0 Å². The van der Waals surface area contributed by atoms with Crippen molar-refractivity contribution in [2.75, 3.05) is 0 Å². The molecule has 0 amide bonds. The zero-order valence-corrected chi connectivity index (χ0v) is 11.8. The van der Waals surface area contributed by atoms with E-state index in [0.29, 0.717) is 10.2 Å². The molecule has 0 saturated carbocycles. The van der Waals surface area contributed by atoms with E-state index in [-0.39, 0.29) is 0 Å². The first-order chi connectivity index (χ1) is 8.15. The second-order valence-electron chi connectivity index (χ2n) is 3.39. The second-order valence-corrected chi connectivity index (χ2v) is 5.10. The van der Waals surface area contributed by atoms with Crippen LogP contribution in [0, 0.1) is 0 Å². The number of nitrogens with zero attached hydrogens (tertiary/aromatic N) is 1. The molecule has 1 nitrogen and oxygen atoms in total. The number of halogens is 3. The van der Waals surface area contributed by atoms with Gasteiger partial charge >= 0.3 is 0 Å². The minimum Gasteiger partial charge on any atom is -0.236 e. The van der Waals surface area contributed by atoms with E-state index in [9.17, 15) is 0 Å². The van der Waals surface area contributed by atoms with Crippen LogP contribution in [0.5, 0.6) is 0 Å². The van der Waals surface area contributed by atoms with E-state index in [2.05, 4.69) is 20.9 Å². The fourth-order valence-corrected chi connectivity index (χ4v) is 1.89. The number of benzene rings is 2. The number of hydrogen-bond donors (Lipinski definition) is 0. The Morgan fingerprint density at radius 3 is 2.12 bits per heavy atom. The van der Waals surface area contributed by atoms with Gasteiger partial charge in [-0.1, -0.05) is 51.3 Å². The summed E-state index contributed by atoms with van der Waals surface area (Å²) in [4.78, 5) is 4.31. The van der Waals surface area contributed by atoms with E-state index in [0.717, 1.165) is 15.7 Å². The summed E-state index contributed by atoms with van der Waals surface area (Å²) in [5, 5.41) is 1.14. The van der Waals surface area contributed by atoms with Gasteiger partial charge in [0.25, 0.3) is 0 Å². The summed E-state index contributed by atoms with van der Waals surface area (Å²) in [6.45, 7) is 0. The van der Waals surface area contributed by atoms with E-state index in [1.165, 1.54) is 0 Å². The van der Waals surface area contributed by atoms with Gasteiger partial charge in [0.05, 0.1) is 5.69 Å². The van der Waals surface area contributed by atoms with Crippen molar-refractivity contribution in [3.05, 3.63) is 63.6 Å². The number of rotatable bonds is 2. The van der Waals surface area contributed by atoms with Crippen molar-refractivity contribution >= 4 is 50.0 Å². The topological polar surface area (TPSA) is 12.4 Å². The fourth-order valence-electron chi connectivity index (χ4n) is 1.28. The molecular weight excluding hydrogens is 321 g/mol. The molecule has 0 heterocycles. The average Bonchev–Trinajstić information content (AvgIpc) is 2.33. The molecule has 0 spiro atoms. The van der Waals surface area contributed by atoms with Crippen LogP contribution in [-0.4, -0.2) is 5.17 Å². The lowest BCUT2D eigenvalue weighted by Gasteiger charge is -1.99. The molecule has 0 aliphatic carbocycles. The lowest BCUT2D eigenvalue weighted by atomic mass is 10.2. The predicted molar refractivity (Wildman–Crippen MR) is 77.6 cm³/mol. The average molecular weight is 329 g/mol. The summed E-state index contributed by atoms with van der Waals surface area (Å²) in [7, 11) is 0. The fraction of sp³-hybridized carbons (Fsp3) is 0. The first-order valence-corrected chi connectivity index (χ1v) is 6.46. The maximum atomic E-state index is 6.13. The van der Waals surface area contributed by atoms with Crippen molar-refractivity contribution in [1.82, 2.24) is 0 Å². The summed E-state index contributed by atoms with van der Waals surface area (Å²) < 4.78 is 1.01. The van der Waals surface area contributed by atoms with E-state index >= 15 is 0 Å². The van der Waals surface area contributed by atoms with Crippen molar-refractivity contribution < 1.29 is 0 Å². The molecular formula is C13H8BrCl2N. The lowest BCUT2D eigenvalue weighted by Crippen LogP contribution is -1.89. The van der Waals surface area contributed by atoms with Crippen molar-refractivity contribution in [2.45, 2.75) is 0 Å². The molecule has 0 aromatic heterocycles. The van der Waals surface area contributed by atoms with E-state index in [1.54, 1.807) is 12.1 Å². The van der Waals surface area contributed by atoms with Crippen LogP contribution >= 0.6 is 39.1 Å². The van der Waals surface area contributed by atoms with Crippen LogP contribution in [0.15, 0.2) is 58.0 Å². The molecule has 0 bridgehead atoms. The summed E-state index contributed by atoms with van der Waals surface area (Å²) >= 11 is 15.3. The maximum Gasteiger partial charge on any atom is 0.136 e. The van der Waals surface area contributed by atoms with Gasteiger partial charge in [0.1, 0.15) is 5.17 Å². The van der Waals surface area contributed by atoms with Gasteiger partial charge in [-0.2, -0.15) is 0 Å². The molecule has 86 valence electrons. The zero-order chi connectivity index (χ0) is 12.3. The lowest BCUT2D eigenvalue weighted by molar-refractivity contribution is 1.51. The molecule has 0 N–H and O–H groups in total. The second kappa shape index (κ2) is 5.67. The van der Waals surface area contributed by atoms with Gasteiger partial charge in [-0.15, -0.1) is 0 Å². The summed E-state index contributed by atoms with van der Waals surface area (Å²) in [6, 6.07) is 14.9. The van der Waals surface area contributed by atoms with Gasteiger partial charge < -0.3 is 0 Å². The summed E-state index contributed by atoms with van der Waals surface area (Å²) in [6.07, 6.45) is 0. The van der Waals surface area contributed by atoms with Gasteiger partial charge in [0.15, 0.2) is 0 Å². The monoisotopic (exact) mass is 327 g/mol. The third kappa shape index (κ3) is 3.56. The van der Waals surface area contributed by atoms with Gasteiger partial charge in [-0.25, -0.2) is 4.99 Å². The molecule has 0 radical (unpaired) electrons. The minimum atomic E-state index is 0.458. The first-order valence-electron chi connectivity index (χ1n) is 4.91. The van der Waals surface area contributed by atoms with E-state index in [4.69, 9.17) is 23.2 Å². The highest BCUT2D eigenvalue weighted by molar-refractivity contribution is 9.10. The summed E-state index contributed by atoms with van der Waals surface area (Å²) in [5.41, 5.74) is 1.66. The van der Waals surface area contributed by atoms with Crippen molar-refractivity contribution in [1.29, 1.82) is 0 Å². The Bertz CT molecular complexity index is 532. The van der Waals surface area contributed by atoms with Crippen LogP contribution in [0.4, 0.5) is 5.69 Å². The van der Waals surface area contributed by atoms with Crippen LogP contribution in [0.1, 0.15) is 5.56 Å². The predicted octanol–water partition coefficient (Wildman–Crippen LogP) is 5.42. The Morgan fingerprint density at radius 2 is 1.53 bits per heavy atom. The van der Waals surface area contributed by atoms with Gasteiger partial charge in [-0.3, -0.25) is 0 Å². The highest BCUT2D eigenvalue weighted by Crippen LogP contribution is 2.19. The molecule has 0 atom stereocenters. The van der Waals surface area contributed by atoms with Crippen LogP contribution in [0.2, 0.25) is 5.02 Å². The minimum absolute atomic E-state index is 0.458. The smallest absolute Gasteiger partial charge is 0.136 e. The molecule has 0 unspecified atom stereocenters. The maximum absolute atomic E-state index is 6.13. The third-order valence-corrected chi connectivity index (χ3v) is 3.22. The SMILES string of the molecule is ClC(=Nc1ccc(Cl)cc1)c1ccc(Br)cc1. The number of hydrogen-bond acceptors (Lipinski definition) is 1. The van der Waals surface area contributed by atoms with Crippen molar-refractivity contribution in [3.63, 3.8) is 0 Å². The molecule has 0 aliphatic heterocycles. The van der Waals surface area contributed by atoms with Crippen LogP contribution in [0.25, 0.3) is 0 Å².